The van der Waals surface area contributed by atoms with Crippen LogP contribution < -0.4 is 4.90 Å². The summed E-state index contributed by atoms with van der Waals surface area (Å²) in [5.41, 5.74) is 0.990. The Kier molecular flexibility index (Phi) is 4.36. The van der Waals surface area contributed by atoms with E-state index in [0.717, 1.165) is 29.7 Å². The monoisotopic (exact) mass is 309 g/mol. The molecule has 2 aliphatic carbocycles. The molecule has 0 N–H and O–H groups in total. The number of methoxy groups -OCH3 is 1. The minimum Gasteiger partial charge on any atom is -0.383 e. The molecule has 1 unspecified atom stereocenters. The molecular formula is C16H24ClN3O. The average Bonchev–Trinajstić information content (AvgIpc) is 3.34. The van der Waals surface area contributed by atoms with E-state index in [2.05, 4.69) is 16.8 Å². The number of hydrogen-bond acceptors (Lipinski definition) is 4. The third-order valence-corrected chi connectivity index (χ3v) is 4.99. The van der Waals surface area contributed by atoms with E-state index in [1.165, 1.54) is 25.7 Å². The number of rotatable bonds is 7. The summed E-state index contributed by atoms with van der Waals surface area (Å²) in [6.07, 6.45) is 5.01. The molecule has 4 nitrogen and oxygen atoms in total. The van der Waals surface area contributed by atoms with E-state index in [1.807, 2.05) is 6.92 Å². The summed E-state index contributed by atoms with van der Waals surface area (Å²) in [6, 6.07) is 0.483. The lowest BCUT2D eigenvalue weighted by Crippen LogP contribution is -2.38. The predicted molar refractivity (Wildman–Crippen MR) is 85.2 cm³/mol. The molecule has 2 fully saturated rings. The maximum atomic E-state index is 6.36. The van der Waals surface area contributed by atoms with Crippen LogP contribution in [-0.4, -0.2) is 36.3 Å². The van der Waals surface area contributed by atoms with E-state index >= 15 is 0 Å². The molecule has 0 spiro atoms. The Balaban J connectivity index is 1.92. The zero-order valence-electron chi connectivity index (χ0n) is 13.1. The SMILES string of the molecule is COCCN(c1nc(C2CC2)nc(Cl)c1C)C(C)C1CC1. The molecule has 0 aromatic carbocycles. The fourth-order valence-corrected chi connectivity index (χ4v) is 2.99. The van der Waals surface area contributed by atoms with Crippen LogP contribution in [0.25, 0.3) is 0 Å². The predicted octanol–water partition coefficient (Wildman–Crippen LogP) is 3.57. The van der Waals surface area contributed by atoms with Crippen LogP contribution >= 0.6 is 11.6 Å². The number of ether oxygens (including phenoxy) is 1. The van der Waals surface area contributed by atoms with Gasteiger partial charge in [0.2, 0.25) is 0 Å². The smallest absolute Gasteiger partial charge is 0.137 e. The molecule has 3 rings (SSSR count). The first-order valence-corrected chi connectivity index (χ1v) is 8.29. The summed E-state index contributed by atoms with van der Waals surface area (Å²) in [6.45, 7) is 5.87. The molecule has 2 aliphatic rings. The van der Waals surface area contributed by atoms with Crippen LogP contribution in [0, 0.1) is 12.8 Å². The van der Waals surface area contributed by atoms with Crippen molar-refractivity contribution in [1.82, 2.24) is 9.97 Å². The van der Waals surface area contributed by atoms with E-state index in [4.69, 9.17) is 21.3 Å². The quantitative estimate of drug-likeness (QED) is 0.722. The van der Waals surface area contributed by atoms with Crippen LogP contribution in [0.15, 0.2) is 0 Å². The molecule has 1 atom stereocenters. The van der Waals surface area contributed by atoms with Crippen LogP contribution in [0.4, 0.5) is 5.82 Å². The first-order chi connectivity index (χ1) is 10.1. The molecule has 1 aromatic heterocycles. The van der Waals surface area contributed by atoms with E-state index in [0.29, 0.717) is 23.7 Å². The maximum absolute atomic E-state index is 6.36. The van der Waals surface area contributed by atoms with Crippen molar-refractivity contribution in [3.8, 4) is 0 Å². The van der Waals surface area contributed by atoms with Gasteiger partial charge in [0.15, 0.2) is 0 Å². The van der Waals surface area contributed by atoms with Gasteiger partial charge in [-0.1, -0.05) is 11.6 Å². The minimum atomic E-state index is 0.483. The van der Waals surface area contributed by atoms with Crippen molar-refractivity contribution in [3.05, 3.63) is 16.5 Å². The van der Waals surface area contributed by atoms with Gasteiger partial charge in [0, 0.05) is 31.2 Å². The van der Waals surface area contributed by atoms with E-state index in [1.54, 1.807) is 7.11 Å². The lowest BCUT2D eigenvalue weighted by molar-refractivity contribution is 0.202. The number of anilines is 1. The standard InChI is InChI=1S/C16H24ClN3O/c1-10-14(17)18-15(13-6-7-13)19-16(10)20(8-9-21-3)11(2)12-4-5-12/h11-13H,4-9H2,1-3H3. The van der Waals surface area contributed by atoms with Crippen LogP contribution in [0.1, 0.15) is 49.9 Å². The number of nitrogens with zero attached hydrogens (tertiary/aromatic N) is 3. The van der Waals surface area contributed by atoms with E-state index < -0.39 is 0 Å². The second-order valence-electron chi connectivity index (χ2n) is 6.36. The van der Waals surface area contributed by atoms with Gasteiger partial charge in [0.05, 0.1) is 6.61 Å². The third kappa shape index (κ3) is 3.32. The Labute approximate surface area is 131 Å². The van der Waals surface area contributed by atoms with Crippen molar-refractivity contribution in [1.29, 1.82) is 0 Å². The van der Waals surface area contributed by atoms with Gasteiger partial charge in [-0.05, 0) is 45.4 Å². The number of aromatic nitrogens is 2. The molecule has 21 heavy (non-hydrogen) atoms. The summed E-state index contributed by atoms with van der Waals surface area (Å²) in [4.78, 5) is 11.7. The number of halogens is 1. The van der Waals surface area contributed by atoms with Crippen LogP contribution in [0.2, 0.25) is 5.15 Å². The highest BCUT2D eigenvalue weighted by atomic mass is 35.5. The van der Waals surface area contributed by atoms with Gasteiger partial charge in [0.25, 0.3) is 0 Å². The molecular weight excluding hydrogens is 286 g/mol. The Hall–Kier alpha value is -0.870. The fourth-order valence-electron chi connectivity index (χ4n) is 2.82. The van der Waals surface area contributed by atoms with Gasteiger partial charge in [-0.2, -0.15) is 0 Å². The molecule has 5 heteroatoms. The van der Waals surface area contributed by atoms with Crippen molar-refractivity contribution < 1.29 is 4.74 Å². The molecule has 0 aliphatic heterocycles. The zero-order valence-corrected chi connectivity index (χ0v) is 13.9. The summed E-state index contributed by atoms with van der Waals surface area (Å²) < 4.78 is 5.29. The van der Waals surface area contributed by atoms with Crippen LogP contribution in [0.5, 0.6) is 0 Å². The Bertz CT molecular complexity index is 514. The van der Waals surface area contributed by atoms with E-state index in [9.17, 15) is 0 Å². The maximum Gasteiger partial charge on any atom is 0.137 e. The van der Waals surface area contributed by atoms with Crippen LogP contribution in [0.3, 0.4) is 0 Å². The second kappa shape index (κ2) is 6.09. The summed E-state index contributed by atoms with van der Waals surface area (Å²) in [5, 5.41) is 0.604. The zero-order chi connectivity index (χ0) is 15.0. The lowest BCUT2D eigenvalue weighted by Gasteiger charge is -2.32. The molecule has 0 radical (unpaired) electrons. The first-order valence-electron chi connectivity index (χ1n) is 7.91. The normalized spacial score (nSPS) is 19.6. The molecule has 116 valence electrons. The van der Waals surface area contributed by atoms with Gasteiger partial charge < -0.3 is 9.64 Å². The Morgan fingerprint density at radius 1 is 1.29 bits per heavy atom. The Morgan fingerprint density at radius 3 is 2.57 bits per heavy atom. The lowest BCUT2D eigenvalue weighted by atomic mass is 10.1. The van der Waals surface area contributed by atoms with Crippen molar-refractivity contribution in [3.63, 3.8) is 0 Å². The van der Waals surface area contributed by atoms with Crippen molar-refractivity contribution in [2.24, 2.45) is 5.92 Å². The molecule has 0 bridgehead atoms. The van der Waals surface area contributed by atoms with Gasteiger partial charge in [-0.3, -0.25) is 0 Å². The second-order valence-corrected chi connectivity index (χ2v) is 6.72. The average molecular weight is 310 g/mol. The third-order valence-electron chi connectivity index (χ3n) is 4.62. The highest BCUT2D eigenvalue weighted by Gasteiger charge is 2.34. The van der Waals surface area contributed by atoms with Gasteiger partial charge >= 0.3 is 0 Å². The fraction of sp³-hybridized carbons (Fsp3) is 0.750. The largest absolute Gasteiger partial charge is 0.383 e. The number of hydrogen-bond donors (Lipinski definition) is 0. The highest BCUT2D eigenvalue weighted by Crippen LogP contribution is 2.41. The van der Waals surface area contributed by atoms with E-state index in [-0.39, 0.29) is 0 Å². The minimum absolute atomic E-state index is 0.483. The molecule has 1 aromatic rings. The summed E-state index contributed by atoms with van der Waals surface area (Å²) in [7, 11) is 1.75. The molecule has 0 saturated heterocycles. The topological polar surface area (TPSA) is 38.2 Å². The van der Waals surface area contributed by atoms with Crippen LogP contribution in [-0.2, 0) is 4.74 Å². The summed E-state index contributed by atoms with van der Waals surface area (Å²) >= 11 is 6.36. The van der Waals surface area contributed by atoms with Gasteiger partial charge in [-0.25, -0.2) is 9.97 Å². The molecule has 1 heterocycles. The first kappa shape index (κ1) is 15.0. The highest BCUT2D eigenvalue weighted by molar-refractivity contribution is 6.30. The summed E-state index contributed by atoms with van der Waals surface area (Å²) in [5.74, 6) is 3.22. The van der Waals surface area contributed by atoms with Crippen molar-refractivity contribution in [2.75, 3.05) is 25.2 Å². The Morgan fingerprint density at radius 2 is 2.00 bits per heavy atom. The van der Waals surface area contributed by atoms with Gasteiger partial charge in [0.1, 0.15) is 16.8 Å². The molecule has 0 amide bonds. The van der Waals surface area contributed by atoms with Gasteiger partial charge in [-0.15, -0.1) is 0 Å². The van der Waals surface area contributed by atoms with Crippen molar-refractivity contribution >= 4 is 17.4 Å². The van der Waals surface area contributed by atoms with Crippen molar-refractivity contribution in [2.45, 2.75) is 51.5 Å². The molecule has 2 saturated carbocycles.